The number of amides is 3. The molecule has 1 aromatic heterocycles. The largest absolute Gasteiger partial charge is 0.416 e. The van der Waals surface area contributed by atoms with Gasteiger partial charge in [0.2, 0.25) is 5.91 Å². The lowest BCUT2D eigenvalue weighted by Gasteiger charge is -2.18. The Morgan fingerprint density at radius 1 is 1.11 bits per heavy atom. The van der Waals surface area contributed by atoms with Gasteiger partial charge in [-0.25, -0.2) is 18.0 Å². The molecule has 1 atom stereocenters. The predicted molar refractivity (Wildman–Crippen MR) is 85.0 cm³/mol. The summed E-state index contributed by atoms with van der Waals surface area (Å²) in [7, 11) is 0. The molecule has 0 aliphatic carbocycles. The van der Waals surface area contributed by atoms with Gasteiger partial charge in [0.1, 0.15) is 11.7 Å². The van der Waals surface area contributed by atoms with E-state index in [0.717, 1.165) is 18.3 Å². The van der Waals surface area contributed by atoms with Gasteiger partial charge >= 0.3 is 12.2 Å². The van der Waals surface area contributed by atoms with Crippen LogP contribution in [0.1, 0.15) is 22.7 Å². The van der Waals surface area contributed by atoms with Crippen LogP contribution in [-0.4, -0.2) is 29.9 Å². The summed E-state index contributed by atoms with van der Waals surface area (Å²) in [5, 5.41) is 3.41. The number of hydrogen-bond donors (Lipinski definition) is 2. The van der Waals surface area contributed by atoms with Crippen LogP contribution in [0.3, 0.4) is 0 Å². The van der Waals surface area contributed by atoms with Gasteiger partial charge < -0.3 is 5.32 Å². The summed E-state index contributed by atoms with van der Waals surface area (Å²) in [5.41, 5.74) is -1.94. The number of nitrogens with one attached hydrogen (secondary N) is 2. The van der Waals surface area contributed by atoms with Crippen molar-refractivity contribution in [2.24, 2.45) is 0 Å². The first-order valence-corrected chi connectivity index (χ1v) is 7.74. The lowest BCUT2D eigenvalue weighted by atomic mass is 9.93. The first-order valence-electron chi connectivity index (χ1n) is 7.74. The fourth-order valence-electron chi connectivity index (χ4n) is 2.32. The minimum absolute atomic E-state index is 0.339. The maximum atomic E-state index is 14.2. The van der Waals surface area contributed by atoms with Gasteiger partial charge in [-0.2, -0.15) is 13.2 Å². The normalized spacial score (nSPS) is 12.5. The third kappa shape index (κ3) is 5.44. The van der Waals surface area contributed by atoms with E-state index in [-0.39, 0.29) is 5.56 Å². The second-order valence-corrected chi connectivity index (χ2v) is 5.51. The van der Waals surface area contributed by atoms with Gasteiger partial charge in [-0.05, 0) is 18.2 Å². The van der Waals surface area contributed by atoms with Crippen LogP contribution in [0.2, 0.25) is 0 Å². The third-order valence-electron chi connectivity index (χ3n) is 3.54. The van der Waals surface area contributed by atoms with Crippen LogP contribution >= 0.6 is 0 Å². The van der Waals surface area contributed by atoms with Crippen molar-refractivity contribution >= 4 is 11.9 Å². The van der Waals surface area contributed by atoms with Crippen LogP contribution in [0.15, 0.2) is 42.6 Å². The van der Waals surface area contributed by atoms with Crippen molar-refractivity contribution in [3.05, 3.63) is 65.2 Å². The van der Waals surface area contributed by atoms with Crippen molar-refractivity contribution in [1.82, 2.24) is 15.6 Å². The smallest absolute Gasteiger partial charge is 0.332 e. The number of halogens is 6. The average molecular weight is 405 g/mol. The van der Waals surface area contributed by atoms with Crippen LogP contribution in [-0.2, 0) is 11.0 Å². The maximum absolute atomic E-state index is 14.2. The van der Waals surface area contributed by atoms with E-state index in [4.69, 9.17) is 0 Å². The van der Waals surface area contributed by atoms with Gasteiger partial charge in [-0.15, -0.1) is 0 Å². The third-order valence-corrected chi connectivity index (χ3v) is 3.54. The maximum Gasteiger partial charge on any atom is 0.416 e. The molecule has 0 saturated heterocycles. The van der Waals surface area contributed by atoms with Crippen molar-refractivity contribution in [1.29, 1.82) is 0 Å². The molecule has 0 spiro atoms. The van der Waals surface area contributed by atoms with Crippen molar-refractivity contribution in [2.75, 3.05) is 6.54 Å². The molecule has 150 valence electrons. The number of urea groups is 1. The number of alkyl halides is 5. The van der Waals surface area contributed by atoms with Gasteiger partial charge in [0.25, 0.3) is 6.43 Å². The molecule has 28 heavy (non-hydrogen) atoms. The van der Waals surface area contributed by atoms with Gasteiger partial charge in [0.05, 0.1) is 17.8 Å². The fraction of sp³-hybridized carbons (Fsp3) is 0.235. The molecule has 0 saturated carbocycles. The standard InChI is InChI=1S/C17H13F6N3O2/c18-11-4-2-1-3-10(11)14(15(27)26-16(28)25-8-13(19)20)12-7-9(5-6-24-12)17(21,22)23/h1-7,13-14H,8H2,(H2,25,26,27,28). The van der Waals surface area contributed by atoms with Crippen molar-refractivity contribution in [2.45, 2.75) is 18.5 Å². The second kappa shape index (κ2) is 8.72. The summed E-state index contributed by atoms with van der Waals surface area (Å²) in [5.74, 6) is -3.88. The Bertz CT molecular complexity index is 857. The molecule has 2 N–H and O–H groups in total. The Morgan fingerprint density at radius 3 is 2.39 bits per heavy atom. The zero-order valence-corrected chi connectivity index (χ0v) is 13.9. The Balaban J connectivity index is 2.40. The molecule has 0 bridgehead atoms. The van der Waals surface area contributed by atoms with Crippen molar-refractivity contribution < 1.29 is 35.9 Å². The zero-order chi connectivity index (χ0) is 20.9. The number of benzene rings is 1. The number of rotatable bonds is 5. The predicted octanol–water partition coefficient (Wildman–Crippen LogP) is 3.46. The summed E-state index contributed by atoms with van der Waals surface area (Å²) < 4.78 is 77.3. The minimum atomic E-state index is -4.75. The van der Waals surface area contributed by atoms with E-state index in [0.29, 0.717) is 12.1 Å². The molecule has 1 aromatic carbocycles. The monoisotopic (exact) mass is 405 g/mol. The van der Waals surface area contributed by atoms with E-state index in [1.54, 1.807) is 10.6 Å². The molecule has 1 heterocycles. The van der Waals surface area contributed by atoms with Crippen LogP contribution in [0.5, 0.6) is 0 Å². The van der Waals surface area contributed by atoms with Crippen LogP contribution in [0, 0.1) is 5.82 Å². The molecule has 0 fully saturated rings. The molecule has 0 aliphatic rings. The first kappa shape index (κ1) is 21.2. The molecule has 5 nitrogen and oxygen atoms in total. The topological polar surface area (TPSA) is 71.1 Å². The molecule has 2 rings (SSSR count). The number of pyridine rings is 1. The Kier molecular flexibility index (Phi) is 6.60. The molecular formula is C17H13F6N3O2. The molecule has 0 radical (unpaired) electrons. The second-order valence-electron chi connectivity index (χ2n) is 5.51. The number of imide groups is 1. The van der Waals surface area contributed by atoms with E-state index < -0.39 is 54.1 Å². The summed E-state index contributed by atoms with van der Waals surface area (Å²) in [6.07, 6.45) is -6.84. The highest BCUT2D eigenvalue weighted by Gasteiger charge is 2.34. The molecule has 2 aromatic rings. The van der Waals surface area contributed by atoms with Gasteiger partial charge in [-0.3, -0.25) is 15.1 Å². The van der Waals surface area contributed by atoms with E-state index in [1.807, 2.05) is 0 Å². The van der Waals surface area contributed by atoms with Crippen LogP contribution in [0.25, 0.3) is 0 Å². The van der Waals surface area contributed by atoms with E-state index in [2.05, 4.69) is 4.98 Å². The number of nitrogens with zero attached hydrogens (tertiary/aromatic N) is 1. The quantitative estimate of drug-likeness (QED) is 0.749. The highest BCUT2D eigenvalue weighted by molar-refractivity contribution is 5.99. The summed E-state index contributed by atoms with van der Waals surface area (Å²) in [4.78, 5) is 27.7. The fourth-order valence-corrected chi connectivity index (χ4v) is 2.32. The number of hydrogen-bond acceptors (Lipinski definition) is 3. The van der Waals surface area contributed by atoms with E-state index in [9.17, 15) is 35.9 Å². The lowest BCUT2D eigenvalue weighted by Crippen LogP contribution is -2.43. The van der Waals surface area contributed by atoms with E-state index in [1.165, 1.54) is 12.1 Å². The first-order chi connectivity index (χ1) is 13.1. The Labute approximate surface area is 154 Å². The van der Waals surface area contributed by atoms with Gasteiger partial charge in [0, 0.05) is 11.8 Å². The van der Waals surface area contributed by atoms with Gasteiger partial charge in [0.15, 0.2) is 0 Å². The van der Waals surface area contributed by atoms with Crippen LogP contribution < -0.4 is 10.6 Å². The highest BCUT2D eigenvalue weighted by atomic mass is 19.4. The van der Waals surface area contributed by atoms with Crippen molar-refractivity contribution in [3.8, 4) is 0 Å². The summed E-state index contributed by atoms with van der Waals surface area (Å²) in [6.45, 7) is -1.05. The van der Waals surface area contributed by atoms with Gasteiger partial charge in [-0.1, -0.05) is 18.2 Å². The van der Waals surface area contributed by atoms with E-state index >= 15 is 0 Å². The molecule has 11 heteroatoms. The SMILES string of the molecule is O=C(NCC(F)F)NC(=O)C(c1cc(C(F)(F)F)ccn1)c1ccccc1F. The Hall–Kier alpha value is -3.11. The number of carbonyl (C=O) groups is 2. The molecule has 1 unspecified atom stereocenters. The summed E-state index contributed by atoms with van der Waals surface area (Å²) >= 11 is 0. The molecule has 0 aliphatic heterocycles. The van der Waals surface area contributed by atoms with Crippen molar-refractivity contribution in [3.63, 3.8) is 0 Å². The zero-order valence-electron chi connectivity index (χ0n) is 13.9. The number of aromatic nitrogens is 1. The molecule has 3 amide bonds. The Morgan fingerprint density at radius 2 is 1.79 bits per heavy atom. The number of carbonyl (C=O) groups excluding carboxylic acids is 2. The lowest BCUT2D eigenvalue weighted by molar-refractivity contribution is -0.137. The van der Waals surface area contributed by atoms with Crippen LogP contribution in [0.4, 0.5) is 31.1 Å². The summed E-state index contributed by atoms with van der Waals surface area (Å²) in [6, 6.07) is 4.65. The average Bonchev–Trinajstić information content (AvgIpc) is 2.61. The molecular weight excluding hydrogens is 392 g/mol. The highest BCUT2D eigenvalue weighted by Crippen LogP contribution is 2.32. The minimum Gasteiger partial charge on any atom is -0.332 e.